The van der Waals surface area contributed by atoms with E-state index in [0.717, 1.165) is 6.42 Å². The Morgan fingerprint density at radius 2 is 2.37 bits per heavy atom. The van der Waals surface area contributed by atoms with Crippen LogP contribution in [-0.4, -0.2) is 42.6 Å². The van der Waals surface area contributed by atoms with Crippen molar-refractivity contribution in [1.29, 1.82) is 0 Å². The normalized spacial score (nSPS) is 18.9. The summed E-state index contributed by atoms with van der Waals surface area (Å²) in [6, 6.07) is 8.11. The lowest BCUT2D eigenvalue weighted by atomic mass is 10.1. The number of hydrogen-bond acceptors (Lipinski definition) is 4. The van der Waals surface area contributed by atoms with E-state index in [1.165, 1.54) is 10.5 Å². The molecule has 2 rings (SSSR count). The Labute approximate surface area is 117 Å². The van der Waals surface area contributed by atoms with E-state index in [4.69, 9.17) is 4.74 Å². The van der Waals surface area contributed by atoms with Crippen molar-refractivity contribution in [1.82, 2.24) is 5.32 Å². The third kappa shape index (κ3) is 3.96. The molecule has 0 aromatic heterocycles. The lowest BCUT2D eigenvalue weighted by Crippen LogP contribution is -2.34. The first kappa shape index (κ1) is 14.4. The molecule has 2 N–H and O–H groups in total. The molecule has 0 spiro atoms. The van der Waals surface area contributed by atoms with E-state index in [1.807, 2.05) is 12.1 Å². The lowest BCUT2D eigenvalue weighted by molar-refractivity contribution is -0.120. The molecule has 1 amide bonds. The highest BCUT2D eigenvalue weighted by molar-refractivity contribution is 8.01. The van der Waals surface area contributed by atoms with Gasteiger partial charge in [-0.25, -0.2) is 0 Å². The fraction of sp³-hybridized carbons (Fsp3) is 0.500. The molecule has 1 aliphatic heterocycles. The number of aliphatic hydroxyl groups is 1. The first-order valence-electron chi connectivity index (χ1n) is 6.40. The smallest absolute Gasteiger partial charge is 0.233 e. The molecule has 1 heterocycles. The third-order valence-electron chi connectivity index (χ3n) is 3.08. The summed E-state index contributed by atoms with van der Waals surface area (Å²) < 4.78 is 4.84. The van der Waals surface area contributed by atoms with Gasteiger partial charge in [-0.05, 0) is 24.5 Å². The molecular formula is C14H19NO3S. The van der Waals surface area contributed by atoms with Crippen molar-refractivity contribution in [3.63, 3.8) is 0 Å². The first-order chi connectivity index (χ1) is 9.20. The van der Waals surface area contributed by atoms with Gasteiger partial charge < -0.3 is 15.2 Å². The molecule has 4 nitrogen and oxygen atoms in total. The van der Waals surface area contributed by atoms with Gasteiger partial charge in [-0.1, -0.05) is 18.2 Å². The highest BCUT2D eigenvalue weighted by Crippen LogP contribution is 2.36. The number of aliphatic hydroxyl groups excluding tert-OH is 1. The van der Waals surface area contributed by atoms with Crippen molar-refractivity contribution < 1.29 is 14.6 Å². The zero-order valence-electron chi connectivity index (χ0n) is 11.0. The molecule has 0 radical (unpaired) electrons. The molecule has 1 aromatic carbocycles. The maximum atomic E-state index is 12.0. The van der Waals surface area contributed by atoms with Gasteiger partial charge in [-0.2, -0.15) is 0 Å². The number of benzene rings is 1. The number of thioether (sulfide) groups is 1. The van der Waals surface area contributed by atoms with Gasteiger partial charge in [-0.3, -0.25) is 4.79 Å². The Hall–Kier alpha value is -1.04. The number of nitrogens with one attached hydrogen (secondary N) is 1. The molecule has 2 atom stereocenters. The zero-order valence-corrected chi connectivity index (χ0v) is 11.8. The summed E-state index contributed by atoms with van der Waals surface area (Å²) >= 11 is 1.61. The third-order valence-corrected chi connectivity index (χ3v) is 4.39. The van der Waals surface area contributed by atoms with Crippen LogP contribution in [0.3, 0.4) is 0 Å². The van der Waals surface area contributed by atoms with E-state index in [2.05, 4.69) is 17.4 Å². The predicted octanol–water partition coefficient (Wildman–Crippen LogP) is 1.22. The lowest BCUT2D eigenvalue weighted by Gasteiger charge is -2.12. The Morgan fingerprint density at radius 3 is 3.11 bits per heavy atom. The minimum atomic E-state index is -0.515. The minimum Gasteiger partial charge on any atom is -0.391 e. The van der Waals surface area contributed by atoms with Crippen LogP contribution in [0.2, 0.25) is 0 Å². The van der Waals surface area contributed by atoms with Crippen LogP contribution in [0, 0.1) is 0 Å². The largest absolute Gasteiger partial charge is 0.391 e. The van der Waals surface area contributed by atoms with Crippen LogP contribution in [-0.2, 0) is 16.0 Å². The average Bonchev–Trinajstić information content (AvgIpc) is 2.82. The van der Waals surface area contributed by atoms with Crippen molar-refractivity contribution in [2.75, 3.05) is 20.3 Å². The van der Waals surface area contributed by atoms with Crippen molar-refractivity contribution in [3.8, 4) is 0 Å². The Balaban J connectivity index is 1.74. The predicted molar refractivity (Wildman–Crippen MR) is 75.3 cm³/mol. The van der Waals surface area contributed by atoms with E-state index in [1.54, 1.807) is 18.9 Å². The standard InChI is InChI=1S/C14H19NO3S/c1-18-9-11(16)6-7-15-14(17)13-8-10-4-2-3-5-12(10)19-13/h2-5,11,13,16H,6-9H2,1H3,(H,15,17). The van der Waals surface area contributed by atoms with E-state index in [9.17, 15) is 9.90 Å². The molecule has 0 saturated carbocycles. The number of hydrogen-bond donors (Lipinski definition) is 2. The van der Waals surface area contributed by atoms with Crippen LogP contribution in [0.15, 0.2) is 29.2 Å². The van der Waals surface area contributed by atoms with E-state index < -0.39 is 6.10 Å². The minimum absolute atomic E-state index is 0.0445. The summed E-state index contributed by atoms with van der Waals surface area (Å²) in [5.74, 6) is 0.0471. The van der Waals surface area contributed by atoms with Gasteiger partial charge >= 0.3 is 0 Å². The monoisotopic (exact) mass is 281 g/mol. The summed E-state index contributed by atoms with van der Waals surface area (Å²) in [5.41, 5.74) is 1.24. The van der Waals surface area contributed by atoms with Gasteiger partial charge in [0.25, 0.3) is 0 Å². The average molecular weight is 281 g/mol. The van der Waals surface area contributed by atoms with Gasteiger partial charge in [0, 0.05) is 18.6 Å². The van der Waals surface area contributed by atoms with E-state index in [-0.39, 0.29) is 11.2 Å². The maximum Gasteiger partial charge on any atom is 0.233 e. The van der Waals surface area contributed by atoms with Crippen molar-refractivity contribution in [2.45, 2.75) is 29.1 Å². The fourth-order valence-corrected chi connectivity index (χ4v) is 3.30. The number of methoxy groups -OCH3 is 1. The van der Waals surface area contributed by atoms with Crippen LogP contribution in [0.25, 0.3) is 0 Å². The van der Waals surface area contributed by atoms with Gasteiger partial charge in [-0.15, -0.1) is 11.8 Å². The number of carbonyl (C=O) groups excluding carboxylic acids is 1. The molecule has 19 heavy (non-hydrogen) atoms. The van der Waals surface area contributed by atoms with Gasteiger partial charge in [0.15, 0.2) is 0 Å². The highest BCUT2D eigenvalue weighted by Gasteiger charge is 2.27. The molecule has 1 aliphatic rings. The maximum absolute atomic E-state index is 12.0. The molecule has 1 aromatic rings. The number of fused-ring (bicyclic) bond motifs is 1. The zero-order chi connectivity index (χ0) is 13.7. The number of amides is 1. The van der Waals surface area contributed by atoms with Crippen LogP contribution in [0.1, 0.15) is 12.0 Å². The van der Waals surface area contributed by atoms with Crippen molar-refractivity contribution >= 4 is 17.7 Å². The summed E-state index contributed by atoms with van der Waals surface area (Å²) in [4.78, 5) is 13.2. The van der Waals surface area contributed by atoms with Crippen LogP contribution in [0.5, 0.6) is 0 Å². The van der Waals surface area contributed by atoms with Crippen molar-refractivity contribution in [2.24, 2.45) is 0 Å². The molecule has 0 saturated heterocycles. The van der Waals surface area contributed by atoms with E-state index in [0.29, 0.717) is 19.6 Å². The summed E-state index contributed by atoms with van der Waals surface area (Å²) in [7, 11) is 1.55. The van der Waals surface area contributed by atoms with Crippen molar-refractivity contribution in [3.05, 3.63) is 29.8 Å². The SMILES string of the molecule is COCC(O)CCNC(=O)C1Cc2ccccc2S1. The van der Waals surface area contributed by atoms with Crippen LogP contribution in [0.4, 0.5) is 0 Å². The second-order valence-corrected chi connectivity index (χ2v) is 5.85. The van der Waals surface area contributed by atoms with Gasteiger partial charge in [0.05, 0.1) is 18.0 Å². The number of rotatable bonds is 6. The second kappa shape index (κ2) is 6.93. The van der Waals surface area contributed by atoms with Gasteiger partial charge in [0.2, 0.25) is 5.91 Å². The number of carbonyl (C=O) groups is 1. The molecule has 0 fully saturated rings. The quantitative estimate of drug-likeness (QED) is 0.823. The first-order valence-corrected chi connectivity index (χ1v) is 7.28. The highest BCUT2D eigenvalue weighted by atomic mass is 32.2. The molecule has 0 bridgehead atoms. The summed E-state index contributed by atoms with van der Waals surface area (Å²) in [6.45, 7) is 0.788. The Morgan fingerprint density at radius 1 is 1.58 bits per heavy atom. The fourth-order valence-electron chi connectivity index (χ4n) is 2.08. The summed E-state index contributed by atoms with van der Waals surface area (Å²) in [5, 5.41) is 12.3. The molecular weight excluding hydrogens is 262 g/mol. The summed E-state index contributed by atoms with van der Waals surface area (Å²) in [6.07, 6.45) is 0.788. The van der Waals surface area contributed by atoms with Gasteiger partial charge in [0.1, 0.15) is 0 Å². The second-order valence-electron chi connectivity index (χ2n) is 4.61. The number of ether oxygens (including phenoxy) is 1. The van der Waals surface area contributed by atoms with E-state index >= 15 is 0 Å². The molecule has 5 heteroatoms. The molecule has 0 aliphatic carbocycles. The Bertz CT molecular complexity index is 413. The Kier molecular flexibility index (Phi) is 5.24. The molecule has 104 valence electrons. The molecule has 2 unspecified atom stereocenters. The van der Waals surface area contributed by atoms with Crippen LogP contribution >= 0.6 is 11.8 Å². The topological polar surface area (TPSA) is 58.6 Å². The van der Waals surface area contributed by atoms with Crippen LogP contribution < -0.4 is 5.32 Å².